The lowest BCUT2D eigenvalue weighted by atomic mass is 9.90. The van der Waals surface area contributed by atoms with Crippen LogP contribution in [0, 0.1) is 11.8 Å². The molecule has 5 amide bonds. The van der Waals surface area contributed by atoms with Crippen molar-refractivity contribution >= 4 is 29.7 Å². The highest BCUT2D eigenvalue weighted by molar-refractivity contribution is 6.45. The van der Waals surface area contributed by atoms with Gasteiger partial charge in [-0.25, -0.2) is 9.69 Å². The zero-order valence-corrected chi connectivity index (χ0v) is 13.3. The number of carbonyl (C=O) groups excluding carboxylic acids is 4. The number of amides is 5. The summed E-state index contributed by atoms with van der Waals surface area (Å²) < 4.78 is 0. The fourth-order valence-corrected chi connectivity index (χ4v) is 2.95. The quantitative estimate of drug-likeness (QED) is 0.412. The third kappa shape index (κ3) is 3.29. The molecule has 0 aromatic carbocycles. The molecule has 0 saturated carbocycles. The zero-order valence-electron chi connectivity index (χ0n) is 13.3. The van der Waals surface area contributed by atoms with Gasteiger partial charge in [0.25, 0.3) is 0 Å². The maximum Gasteiger partial charge on any atom is 0.335 e. The Bertz CT molecular complexity index is 616. The molecule has 130 valence electrons. The minimum atomic E-state index is -1.06. The van der Waals surface area contributed by atoms with Gasteiger partial charge >= 0.3 is 23.8 Å². The van der Waals surface area contributed by atoms with Crippen LogP contribution in [0.3, 0.4) is 0 Å². The number of carboxylic acid groups (broad SMARTS) is 1. The summed E-state index contributed by atoms with van der Waals surface area (Å²) in [5, 5.41) is 9.14. The molecule has 2 atom stereocenters. The first-order chi connectivity index (χ1) is 11.3. The number of carbonyl (C=O) groups is 5. The Kier molecular flexibility index (Phi) is 5.01. The molecule has 9 nitrogen and oxygen atoms in total. The van der Waals surface area contributed by atoms with E-state index in [4.69, 9.17) is 5.11 Å². The third-order valence-electron chi connectivity index (χ3n) is 4.10. The number of hydrogen-bond acceptors (Lipinski definition) is 5. The molecular weight excluding hydrogens is 318 g/mol. The summed E-state index contributed by atoms with van der Waals surface area (Å²) in [6, 6.07) is -0.863. The summed E-state index contributed by atoms with van der Waals surface area (Å²) in [5.41, 5.74) is 0. The number of likely N-dealkylation sites (tertiary alicyclic amines) is 1. The molecule has 0 bridgehead atoms. The van der Waals surface area contributed by atoms with Crippen LogP contribution in [0.2, 0.25) is 0 Å². The average Bonchev–Trinajstić information content (AvgIpc) is 2.72. The van der Waals surface area contributed by atoms with Gasteiger partial charge in [0.15, 0.2) is 0 Å². The molecule has 1 N–H and O–H groups in total. The van der Waals surface area contributed by atoms with Crippen molar-refractivity contribution in [1.82, 2.24) is 14.7 Å². The van der Waals surface area contributed by atoms with Gasteiger partial charge in [-0.15, -0.1) is 6.58 Å². The van der Waals surface area contributed by atoms with E-state index in [1.54, 1.807) is 0 Å². The van der Waals surface area contributed by atoms with E-state index in [1.165, 1.54) is 11.0 Å². The summed E-state index contributed by atoms with van der Waals surface area (Å²) >= 11 is 0. The fraction of sp³-hybridized carbons (Fsp3) is 0.533. The number of piperidine rings is 1. The average molecular weight is 337 g/mol. The van der Waals surface area contributed by atoms with Crippen LogP contribution in [-0.2, 0) is 19.2 Å². The van der Waals surface area contributed by atoms with Crippen LogP contribution in [-0.4, -0.2) is 75.7 Å². The van der Waals surface area contributed by atoms with Crippen LogP contribution < -0.4 is 0 Å². The summed E-state index contributed by atoms with van der Waals surface area (Å²) in [5.74, 6) is -4.28. The largest absolute Gasteiger partial charge is 0.481 e. The summed E-state index contributed by atoms with van der Waals surface area (Å²) in [6.45, 7) is 4.92. The van der Waals surface area contributed by atoms with E-state index in [0.29, 0.717) is 22.8 Å². The van der Waals surface area contributed by atoms with Gasteiger partial charge in [0, 0.05) is 19.6 Å². The van der Waals surface area contributed by atoms with Crippen molar-refractivity contribution in [1.29, 1.82) is 0 Å². The van der Waals surface area contributed by atoms with E-state index in [1.807, 2.05) is 6.92 Å². The van der Waals surface area contributed by atoms with Gasteiger partial charge in [-0.2, -0.15) is 0 Å². The van der Waals surface area contributed by atoms with E-state index >= 15 is 0 Å². The molecule has 2 heterocycles. The Morgan fingerprint density at radius 3 is 2.42 bits per heavy atom. The second-order valence-corrected chi connectivity index (χ2v) is 6.05. The van der Waals surface area contributed by atoms with E-state index in [9.17, 15) is 24.0 Å². The molecular formula is C15H19N3O6. The standard InChI is InChI=1S/C15H19N3O6/c1-3-4-17-12(20)13(21)18(15(17)24)8-11(19)16-6-9(2)5-10(7-16)14(22)23/h3,9-10H,1,4-8H2,2H3,(H,22,23). The number of aliphatic carboxylic acids is 1. The van der Waals surface area contributed by atoms with E-state index in [-0.39, 0.29) is 19.0 Å². The minimum Gasteiger partial charge on any atom is -0.481 e. The van der Waals surface area contributed by atoms with Gasteiger partial charge < -0.3 is 10.0 Å². The Morgan fingerprint density at radius 2 is 1.83 bits per heavy atom. The van der Waals surface area contributed by atoms with Gasteiger partial charge in [-0.1, -0.05) is 13.0 Å². The van der Waals surface area contributed by atoms with Crippen molar-refractivity contribution in [2.24, 2.45) is 11.8 Å². The lowest BCUT2D eigenvalue weighted by Gasteiger charge is -2.35. The second-order valence-electron chi connectivity index (χ2n) is 6.05. The molecule has 0 aromatic rings. The first-order valence-electron chi connectivity index (χ1n) is 7.55. The highest BCUT2D eigenvalue weighted by Crippen LogP contribution is 2.22. The molecule has 2 rings (SSSR count). The van der Waals surface area contributed by atoms with Crippen molar-refractivity contribution in [3.05, 3.63) is 12.7 Å². The minimum absolute atomic E-state index is 0.00678. The number of nitrogens with zero attached hydrogens (tertiary/aromatic N) is 3. The highest BCUT2D eigenvalue weighted by Gasteiger charge is 2.45. The Labute approximate surface area is 138 Å². The molecule has 24 heavy (non-hydrogen) atoms. The van der Waals surface area contributed by atoms with Crippen LogP contribution in [0.25, 0.3) is 0 Å². The van der Waals surface area contributed by atoms with Crippen LogP contribution >= 0.6 is 0 Å². The van der Waals surface area contributed by atoms with Gasteiger partial charge in [0.1, 0.15) is 6.54 Å². The van der Waals surface area contributed by atoms with Crippen LogP contribution in [0.4, 0.5) is 4.79 Å². The predicted molar refractivity (Wildman–Crippen MR) is 80.5 cm³/mol. The summed E-state index contributed by atoms with van der Waals surface area (Å²) in [6.07, 6.45) is 1.77. The monoisotopic (exact) mass is 337 g/mol. The predicted octanol–water partition coefficient (Wildman–Crippen LogP) is -0.468. The van der Waals surface area contributed by atoms with Crippen molar-refractivity contribution in [2.75, 3.05) is 26.2 Å². The maximum absolute atomic E-state index is 12.4. The number of hydrogen-bond donors (Lipinski definition) is 1. The zero-order chi connectivity index (χ0) is 18.0. The third-order valence-corrected chi connectivity index (χ3v) is 4.10. The van der Waals surface area contributed by atoms with Crippen LogP contribution in [0.15, 0.2) is 12.7 Å². The molecule has 0 spiro atoms. The first kappa shape index (κ1) is 17.6. The molecule has 0 aliphatic carbocycles. The molecule has 0 radical (unpaired) electrons. The first-order valence-corrected chi connectivity index (χ1v) is 7.55. The second kappa shape index (κ2) is 6.81. The van der Waals surface area contributed by atoms with E-state index in [0.717, 1.165) is 0 Å². The van der Waals surface area contributed by atoms with E-state index in [2.05, 4.69) is 6.58 Å². The normalized spacial score (nSPS) is 24.5. The number of rotatable bonds is 5. The lowest BCUT2D eigenvalue weighted by Crippen LogP contribution is -2.50. The van der Waals surface area contributed by atoms with Gasteiger partial charge in [-0.3, -0.25) is 24.1 Å². The molecule has 2 unspecified atom stereocenters. The van der Waals surface area contributed by atoms with E-state index < -0.39 is 42.2 Å². The van der Waals surface area contributed by atoms with Gasteiger partial charge in [0.05, 0.1) is 5.92 Å². The number of urea groups is 1. The lowest BCUT2D eigenvalue weighted by molar-refractivity contribution is -0.148. The molecule has 2 aliphatic rings. The SMILES string of the molecule is C=CCN1C(=O)C(=O)N(CC(=O)N2CC(C)CC(C(=O)O)C2)C1=O. The maximum atomic E-state index is 12.4. The Hall–Kier alpha value is -2.71. The number of carboxylic acids is 1. The molecule has 0 aromatic heterocycles. The highest BCUT2D eigenvalue weighted by atomic mass is 16.4. The van der Waals surface area contributed by atoms with Gasteiger partial charge in [-0.05, 0) is 12.3 Å². The molecule has 2 fully saturated rings. The van der Waals surface area contributed by atoms with Crippen LogP contribution in [0.1, 0.15) is 13.3 Å². The molecule has 2 saturated heterocycles. The molecule has 2 aliphatic heterocycles. The molecule has 9 heteroatoms. The topological polar surface area (TPSA) is 115 Å². The smallest absolute Gasteiger partial charge is 0.335 e. The van der Waals surface area contributed by atoms with Gasteiger partial charge in [0.2, 0.25) is 5.91 Å². The number of imide groups is 2. The van der Waals surface area contributed by atoms with Crippen molar-refractivity contribution in [3.63, 3.8) is 0 Å². The van der Waals surface area contributed by atoms with Crippen molar-refractivity contribution < 1.29 is 29.1 Å². The fourth-order valence-electron chi connectivity index (χ4n) is 2.95. The summed E-state index contributed by atoms with van der Waals surface area (Å²) in [7, 11) is 0. The van der Waals surface area contributed by atoms with Crippen molar-refractivity contribution in [2.45, 2.75) is 13.3 Å². The Balaban J connectivity index is 2.07. The summed E-state index contributed by atoms with van der Waals surface area (Å²) in [4.78, 5) is 61.8. The van der Waals surface area contributed by atoms with Crippen LogP contribution in [0.5, 0.6) is 0 Å². The Morgan fingerprint density at radius 1 is 1.21 bits per heavy atom. The van der Waals surface area contributed by atoms with Crippen molar-refractivity contribution in [3.8, 4) is 0 Å².